The molecule has 1 aromatic rings. The van der Waals surface area contributed by atoms with Gasteiger partial charge in [0, 0.05) is 11.7 Å². The Labute approximate surface area is 156 Å². The van der Waals surface area contributed by atoms with Gasteiger partial charge in [-0.3, -0.25) is 9.59 Å². The zero-order valence-electron chi connectivity index (χ0n) is 16.6. The summed E-state index contributed by atoms with van der Waals surface area (Å²) >= 11 is 0. The molecule has 144 valence electrons. The number of benzene rings is 1. The fourth-order valence-electron chi connectivity index (χ4n) is 3.43. The minimum Gasteiger partial charge on any atom is -0.491 e. The maximum absolute atomic E-state index is 12.2. The maximum Gasteiger partial charge on any atom is 0.313 e. The van der Waals surface area contributed by atoms with Crippen molar-refractivity contribution in [2.75, 3.05) is 5.32 Å². The largest absolute Gasteiger partial charge is 0.491 e. The quantitative estimate of drug-likeness (QED) is 0.793. The number of anilines is 1. The molecular formula is C21H32N2O3. The van der Waals surface area contributed by atoms with Crippen LogP contribution < -0.4 is 15.4 Å². The highest BCUT2D eigenvalue weighted by Crippen LogP contribution is 2.37. The highest BCUT2D eigenvalue weighted by atomic mass is 16.5. The van der Waals surface area contributed by atoms with Gasteiger partial charge in [0.1, 0.15) is 5.75 Å². The lowest BCUT2D eigenvalue weighted by molar-refractivity contribution is -0.136. The summed E-state index contributed by atoms with van der Waals surface area (Å²) in [6.45, 7) is 10.7. The lowest BCUT2D eigenvalue weighted by Gasteiger charge is -2.37. The van der Waals surface area contributed by atoms with E-state index >= 15 is 0 Å². The molecule has 0 heterocycles. The van der Waals surface area contributed by atoms with Gasteiger partial charge in [-0.25, -0.2) is 0 Å². The Balaban J connectivity index is 1.80. The molecule has 0 radical (unpaired) electrons. The fourth-order valence-corrected chi connectivity index (χ4v) is 3.43. The Morgan fingerprint density at radius 2 is 1.58 bits per heavy atom. The van der Waals surface area contributed by atoms with Gasteiger partial charge in [0.25, 0.3) is 0 Å². The Morgan fingerprint density at radius 1 is 1.00 bits per heavy atom. The van der Waals surface area contributed by atoms with Crippen LogP contribution in [0.3, 0.4) is 0 Å². The van der Waals surface area contributed by atoms with E-state index in [1.807, 2.05) is 13.8 Å². The summed E-state index contributed by atoms with van der Waals surface area (Å²) < 4.78 is 5.56. The number of hydrogen-bond acceptors (Lipinski definition) is 3. The van der Waals surface area contributed by atoms with Gasteiger partial charge in [0.15, 0.2) is 0 Å². The first kappa shape index (κ1) is 20.3. The second-order valence-corrected chi connectivity index (χ2v) is 8.53. The van der Waals surface area contributed by atoms with Gasteiger partial charge in [0.2, 0.25) is 0 Å². The van der Waals surface area contributed by atoms with E-state index in [9.17, 15) is 9.59 Å². The van der Waals surface area contributed by atoms with Crippen LogP contribution in [-0.4, -0.2) is 24.0 Å². The molecule has 1 fully saturated rings. The van der Waals surface area contributed by atoms with Gasteiger partial charge >= 0.3 is 11.8 Å². The van der Waals surface area contributed by atoms with Crippen LogP contribution in [0.5, 0.6) is 5.75 Å². The van der Waals surface area contributed by atoms with Crippen molar-refractivity contribution in [2.45, 2.75) is 72.4 Å². The van der Waals surface area contributed by atoms with Crippen LogP contribution >= 0.6 is 0 Å². The number of nitrogens with one attached hydrogen (secondary N) is 2. The van der Waals surface area contributed by atoms with Gasteiger partial charge in [-0.05, 0) is 75.1 Å². The van der Waals surface area contributed by atoms with Crippen molar-refractivity contribution in [3.63, 3.8) is 0 Å². The molecule has 0 saturated heterocycles. The smallest absolute Gasteiger partial charge is 0.313 e. The predicted octanol–water partition coefficient (Wildman–Crippen LogP) is 4.13. The molecule has 0 bridgehead atoms. The van der Waals surface area contributed by atoms with Crippen molar-refractivity contribution >= 4 is 17.5 Å². The van der Waals surface area contributed by atoms with Gasteiger partial charge < -0.3 is 15.4 Å². The van der Waals surface area contributed by atoms with Crippen LogP contribution in [0.15, 0.2) is 24.3 Å². The fraction of sp³-hybridized carbons (Fsp3) is 0.619. The molecule has 0 aliphatic heterocycles. The van der Waals surface area contributed by atoms with Crippen molar-refractivity contribution in [3.8, 4) is 5.75 Å². The molecule has 1 aromatic carbocycles. The number of rotatable bonds is 4. The summed E-state index contributed by atoms with van der Waals surface area (Å²) in [5.74, 6) is 0.223. The molecule has 26 heavy (non-hydrogen) atoms. The molecule has 0 atom stereocenters. The van der Waals surface area contributed by atoms with Gasteiger partial charge in [-0.1, -0.05) is 20.8 Å². The number of hydrogen-bond donors (Lipinski definition) is 2. The van der Waals surface area contributed by atoms with Crippen molar-refractivity contribution in [2.24, 2.45) is 11.3 Å². The number of carbonyl (C=O) groups is 2. The summed E-state index contributed by atoms with van der Waals surface area (Å²) in [5.41, 5.74) is 0.885. The van der Waals surface area contributed by atoms with E-state index in [2.05, 4.69) is 31.4 Å². The van der Waals surface area contributed by atoms with Crippen molar-refractivity contribution in [3.05, 3.63) is 24.3 Å². The summed E-state index contributed by atoms with van der Waals surface area (Å²) in [6, 6.07) is 7.12. The van der Waals surface area contributed by atoms with E-state index in [1.165, 1.54) is 0 Å². The monoisotopic (exact) mass is 360 g/mol. The van der Waals surface area contributed by atoms with Crippen LogP contribution in [0.25, 0.3) is 0 Å². The molecule has 0 unspecified atom stereocenters. The van der Waals surface area contributed by atoms with Gasteiger partial charge in [0.05, 0.1) is 6.10 Å². The Kier molecular flexibility index (Phi) is 6.68. The molecule has 5 heteroatoms. The number of carbonyl (C=O) groups excluding carboxylic acids is 2. The Bertz CT molecular complexity index is 609. The average Bonchev–Trinajstić information content (AvgIpc) is 2.55. The zero-order valence-corrected chi connectivity index (χ0v) is 16.6. The van der Waals surface area contributed by atoms with E-state index in [1.54, 1.807) is 24.3 Å². The molecule has 0 aromatic heterocycles. The minimum atomic E-state index is -0.625. The van der Waals surface area contributed by atoms with E-state index in [0.717, 1.165) is 31.4 Å². The van der Waals surface area contributed by atoms with Gasteiger partial charge in [-0.15, -0.1) is 0 Å². The lowest BCUT2D eigenvalue weighted by atomic mass is 9.71. The molecule has 2 amide bonds. The van der Waals surface area contributed by atoms with Crippen LogP contribution in [0, 0.1) is 11.3 Å². The lowest BCUT2D eigenvalue weighted by Crippen LogP contribution is -2.44. The third-order valence-electron chi connectivity index (χ3n) is 4.98. The third kappa shape index (κ3) is 6.04. The molecular weight excluding hydrogens is 328 g/mol. The molecule has 2 rings (SSSR count). The standard InChI is InChI=1S/C21H32N2O3/c1-14(2)26-18-12-10-17(11-13-18)23-20(25)19(24)22-16-8-6-15(7-9-16)21(3,4)5/h10-16H,6-9H2,1-5H3,(H,22,24)(H,23,25). The van der Waals surface area contributed by atoms with E-state index in [4.69, 9.17) is 4.74 Å². The highest BCUT2D eigenvalue weighted by Gasteiger charge is 2.30. The maximum atomic E-state index is 12.2. The van der Waals surface area contributed by atoms with Crippen LogP contribution in [0.4, 0.5) is 5.69 Å². The van der Waals surface area contributed by atoms with E-state index in [-0.39, 0.29) is 12.1 Å². The summed E-state index contributed by atoms with van der Waals surface area (Å²) in [6.07, 6.45) is 4.14. The highest BCUT2D eigenvalue weighted by molar-refractivity contribution is 6.39. The molecule has 0 spiro atoms. The van der Waals surface area contributed by atoms with Crippen molar-refractivity contribution < 1.29 is 14.3 Å². The molecule has 1 aliphatic rings. The summed E-state index contributed by atoms with van der Waals surface area (Å²) in [5, 5.41) is 5.51. The van der Waals surface area contributed by atoms with Crippen LogP contribution in [0.2, 0.25) is 0 Å². The zero-order chi connectivity index (χ0) is 19.3. The topological polar surface area (TPSA) is 67.4 Å². The van der Waals surface area contributed by atoms with Crippen LogP contribution in [0.1, 0.15) is 60.3 Å². The number of amides is 2. The second kappa shape index (κ2) is 8.56. The Hall–Kier alpha value is -2.04. The second-order valence-electron chi connectivity index (χ2n) is 8.53. The van der Waals surface area contributed by atoms with Crippen molar-refractivity contribution in [1.29, 1.82) is 0 Å². The van der Waals surface area contributed by atoms with E-state index < -0.39 is 11.8 Å². The first-order valence-corrected chi connectivity index (χ1v) is 9.53. The number of ether oxygens (including phenoxy) is 1. The van der Waals surface area contributed by atoms with Crippen molar-refractivity contribution in [1.82, 2.24) is 5.32 Å². The molecule has 1 saturated carbocycles. The Morgan fingerprint density at radius 3 is 2.08 bits per heavy atom. The molecule has 5 nitrogen and oxygen atoms in total. The summed E-state index contributed by atoms with van der Waals surface area (Å²) in [7, 11) is 0. The minimum absolute atomic E-state index is 0.0914. The summed E-state index contributed by atoms with van der Waals surface area (Å²) in [4.78, 5) is 24.3. The predicted molar refractivity (Wildman–Crippen MR) is 104 cm³/mol. The normalized spacial score (nSPS) is 20.5. The first-order valence-electron chi connectivity index (χ1n) is 9.53. The van der Waals surface area contributed by atoms with Crippen LogP contribution in [-0.2, 0) is 9.59 Å². The molecule has 1 aliphatic carbocycles. The molecule has 2 N–H and O–H groups in total. The SMILES string of the molecule is CC(C)Oc1ccc(NC(=O)C(=O)NC2CCC(C(C)(C)C)CC2)cc1. The average molecular weight is 360 g/mol. The van der Waals surface area contributed by atoms with E-state index in [0.29, 0.717) is 17.0 Å². The third-order valence-corrected chi connectivity index (χ3v) is 4.98. The first-order chi connectivity index (χ1) is 12.1. The van der Waals surface area contributed by atoms with Gasteiger partial charge in [-0.2, -0.15) is 0 Å².